The molecule has 0 saturated carbocycles. The predicted octanol–water partition coefficient (Wildman–Crippen LogP) is 5.05. The largest absolute Gasteiger partial charge is 0.494 e. The van der Waals surface area contributed by atoms with E-state index in [0.29, 0.717) is 33.5 Å². The predicted molar refractivity (Wildman–Crippen MR) is 116 cm³/mol. The minimum Gasteiger partial charge on any atom is -0.494 e. The van der Waals surface area contributed by atoms with Crippen LogP contribution >= 0.6 is 22.9 Å². The lowest BCUT2D eigenvalue weighted by atomic mass is 9.98. The Morgan fingerprint density at radius 3 is 2.87 bits per heavy atom. The Bertz CT molecular complexity index is 1330. The summed E-state index contributed by atoms with van der Waals surface area (Å²) in [6, 6.07) is 11.5. The van der Waals surface area contributed by atoms with Gasteiger partial charge in [-0.3, -0.25) is 14.5 Å². The number of hydrogen-bond acceptors (Lipinski definition) is 6. The molecule has 4 aromatic rings. The number of carbonyl (C=O) groups is 1. The van der Waals surface area contributed by atoms with Crippen molar-refractivity contribution in [3.05, 3.63) is 86.2 Å². The highest BCUT2D eigenvalue weighted by molar-refractivity contribution is 7.13. The second-order valence-corrected chi connectivity index (χ2v) is 8.02. The molecule has 2 aromatic heterocycles. The van der Waals surface area contributed by atoms with E-state index in [1.54, 1.807) is 29.8 Å². The normalized spacial score (nSPS) is 15.6. The summed E-state index contributed by atoms with van der Waals surface area (Å²) >= 11 is 7.42. The molecular formula is C22H15ClN2O4S. The molecule has 1 aliphatic heterocycles. The van der Waals surface area contributed by atoms with Gasteiger partial charge in [0, 0.05) is 16.6 Å². The molecule has 1 aliphatic rings. The lowest BCUT2D eigenvalue weighted by Gasteiger charge is -2.23. The number of fused-ring (bicyclic) bond motifs is 2. The van der Waals surface area contributed by atoms with Gasteiger partial charge in [0.2, 0.25) is 5.76 Å². The third-order valence-corrected chi connectivity index (χ3v) is 5.95. The Balaban J connectivity index is 1.80. The van der Waals surface area contributed by atoms with E-state index in [4.69, 9.17) is 20.8 Å². The van der Waals surface area contributed by atoms with Crippen molar-refractivity contribution in [1.29, 1.82) is 0 Å². The van der Waals surface area contributed by atoms with Gasteiger partial charge < -0.3 is 9.15 Å². The van der Waals surface area contributed by atoms with Crippen LogP contribution in [0.3, 0.4) is 0 Å². The standard InChI is InChI=1S/C22H15ClN2O4S/c1-2-28-14-5-3-4-12(10-14)18-17-19(26)15-11-13(23)6-7-16(15)29-20(17)21(27)25(18)22-24-8-9-30-22/h3-11,18H,2H2,1H3/t18-/m0/s1. The van der Waals surface area contributed by atoms with E-state index >= 15 is 0 Å². The van der Waals surface area contributed by atoms with Gasteiger partial charge in [-0.2, -0.15) is 0 Å². The van der Waals surface area contributed by atoms with Gasteiger partial charge in [-0.25, -0.2) is 4.98 Å². The summed E-state index contributed by atoms with van der Waals surface area (Å²) in [6.45, 7) is 2.40. The van der Waals surface area contributed by atoms with Crippen molar-refractivity contribution < 1.29 is 13.9 Å². The fourth-order valence-corrected chi connectivity index (χ4v) is 4.57. The molecule has 0 spiro atoms. The van der Waals surface area contributed by atoms with E-state index in [-0.39, 0.29) is 16.8 Å². The van der Waals surface area contributed by atoms with E-state index in [1.165, 1.54) is 16.2 Å². The van der Waals surface area contributed by atoms with E-state index in [1.807, 2.05) is 31.2 Å². The number of carbonyl (C=O) groups excluding carboxylic acids is 1. The maximum atomic E-state index is 13.5. The molecular weight excluding hydrogens is 424 g/mol. The summed E-state index contributed by atoms with van der Waals surface area (Å²) < 4.78 is 11.5. The Hall–Kier alpha value is -3.16. The highest BCUT2D eigenvalue weighted by Gasteiger charge is 2.44. The van der Waals surface area contributed by atoms with Crippen molar-refractivity contribution in [2.75, 3.05) is 11.5 Å². The Kier molecular flexibility index (Phi) is 4.56. The molecule has 150 valence electrons. The first-order chi connectivity index (χ1) is 14.6. The van der Waals surface area contributed by atoms with Gasteiger partial charge in [0.05, 0.1) is 23.6 Å². The van der Waals surface area contributed by atoms with Crippen LogP contribution in [-0.4, -0.2) is 17.5 Å². The van der Waals surface area contributed by atoms with Crippen molar-refractivity contribution >= 4 is 44.9 Å². The number of thiazole rings is 1. The molecule has 0 fully saturated rings. The van der Waals surface area contributed by atoms with Gasteiger partial charge in [-0.05, 0) is 42.8 Å². The first kappa shape index (κ1) is 18.8. The van der Waals surface area contributed by atoms with E-state index in [2.05, 4.69) is 4.98 Å². The van der Waals surface area contributed by atoms with Gasteiger partial charge in [0.15, 0.2) is 10.6 Å². The van der Waals surface area contributed by atoms with Gasteiger partial charge in [-0.1, -0.05) is 23.7 Å². The van der Waals surface area contributed by atoms with Gasteiger partial charge in [0.25, 0.3) is 5.91 Å². The second-order valence-electron chi connectivity index (χ2n) is 6.71. The zero-order valence-corrected chi connectivity index (χ0v) is 17.4. The molecule has 2 aromatic carbocycles. The van der Waals surface area contributed by atoms with Crippen LogP contribution in [0, 0.1) is 0 Å². The van der Waals surface area contributed by atoms with Crippen molar-refractivity contribution in [3.8, 4) is 5.75 Å². The zero-order valence-electron chi connectivity index (χ0n) is 15.8. The molecule has 0 radical (unpaired) electrons. The summed E-state index contributed by atoms with van der Waals surface area (Å²) in [5.74, 6) is 0.278. The number of halogens is 1. The van der Waals surface area contributed by atoms with E-state index in [9.17, 15) is 9.59 Å². The highest BCUT2D eigenvalue weighted by atomic mass is 35.5. The van der Waals surface area contributed by atoms with E-state index in [0.717, 1.165) is 5.56 Å². The highest BCUT2D eigenvalue weighted by Crippen LogP contribution is 2.42. The Morgan fingerprint density at radius 2 is 2.10 bits per heavy atom. The van der Waals surface area contributed by atoms with E-state index < -0.39 is 11.9 Å². The fraction of sp³-hybridized carbons (Fsp3) is 0.136. The molecule has 0 N–H and O–H groups in total. The van der Waals surface area contributed by atoms with Crippen LogP contribution in [0.1, 0.15) is 34.6 Å². The molecule has 0 bridgehead atoms. The van der Waals surface area contributed by atoms with Gasteiger partial charge in [-0.15, -0.1) is 11.3 Å². The van der Waals surface area contributed by atoms with Crippen LogP contribution < -0.4 is 15.1 Å². The Morgan fingerprint density at radius 1 is 1.23 bits per heavy atom. The smallest absolute Gasteiger partial charge is 0.297 e. The number of aromatic nitrogens is 1. The van der Waals surface area contributed by atoms with Crippen LogP contribution in [-0.2, 0) is 0 Å². The number of nitrogens with zero attached hydrogens (tertiary/aromatic N) is 2. The maximum Gasteiger partial charge on any atom is 0.297 e. The summed E-state index contributed by atoms with van der Waals surface area (Å²) in [6.07, 6.45) is 1.62. The van der Waals surface area contributed by atoms with Crippen LogP contribution in [0.2, 0.25) is 5.02 Å². The monoisotopic (exact) mass is 438 g/mol. The van der Waals surface area contributed by atoms with Crippen molar-refractivity contribution in [1.82, 2.24) is 4.98 Å². The summed E-state index contributed by atoms with van der Waals surface area (Å²) in [4.78, 5) is 32.6. The van der Waals surface area contributed by atoms with Crippen LogP contribution in [0.4, 0.5) is 5.13 Å². The summed E-state index contributed by atoms with van der Waals surface area (Å²) in [5, 5.41) is 3.02. The number of rotatable bonds is 4. The first-order valence-corrected chi connectivity index (χ1v) is 10.6. The number of anilines is 1. The number of benzene rings is 2. The zero-order chi connectivity index (χ0) is 20.8. The van der Waals surface area contributed by atoms with Crippen LogP contribution in [0.15, 0.2) is 63.3 Å². The lowest BCUT2D eigenvalue weighted by Crippen LogP contribution is -2.29. The van der Waals surface area contributed by atoms with Crippen LogP contribution in [0.5, 0.6) is 5.75 Å². The minimum absolute atomic E-state index is 0.0248. The average molecular weight is 439 g/mol. The lowest BCUT2D eigenvalue weighted by molar-refractivity contribution is 0.0971. The maximum absolute atomic E-state index is 13.5. The van der Waals surface area contributed by atoms with Gasteiger partial charge >= 0.3 is 0 Å². The van der Waals surface area contributed by atoms with Gasteiger partial charge in [0.1, 0.15) is 11.3 Å². The molecule has 1 amide bonds. The third-order valence-electron chi connectivity index (χ3n) is 4.94. The molecule has 0 aliphatic carbocycles. The second kappa shape index (κ2) is 7.27. The summed E-state index contributed by atoms with van der Waals surface area (Å²) in [7, 11) is 0. The Labute approximate surface area is 180 Å². The van der Waals surface area contributed by atoms with Crippen molar-refractivity contribution in [2.45, 2.75) is 13.0 Å². The number of amides is 1. The molecule has 5 rings (SSSR count). The average Bonchev–Trinajstić information content (AvgIpc) is 3.36. The number of hydrogen-bond donors (Lipinski definition) is 0. The molecule has 1 atom stereocenters. The quantitative estimate of drug-likeness (QED) is 0.445. The van der Waals surface area contributed by atoms with Crippen molar-refractivity contribution in [3.63, 3.8) is 0 Å². The molecule has 0 unspecified atom stereocenters. The topological polar surface area (TPSA) is 72.6 Å². The molecule has 8 heteroatoms. The SMILES string of the molecule is CCOc1cccc([C@H]2c3c(oc4ccc(Cl)cc4c3=O)C(=O)N2c2nccs2)c1. The summed E-state index contributed by atoms with van der Waals surface area (Å²) in [5.41, 5.74) is 1.04. The molecule has 6 nitrogen and oxygen atoms in total. The molecule has 3 heterocycles. The minimum atomic E-state index is -0.682. The van der Waals surface area contributed by atoms with Crippen molar-refractivity contribution in [2.24, 2.45) is 0 Å². The molecule has 30 heavy (non-hydrogen) atoms. The number of ether oxygens (including phenoxy) is 1. The van der Waals surface area contributed by atoms with Crippen LogP contribution in [0.25, 0.3) is 11.0 Å². The first-order valence-electron chi connectivity index (χ1n) is 9.30. The molecule has 0 saturated heterocycles. The third kappa shape index (κ3) is 2.89. The fourth-order valence-electron chi connectivity index (χ4n) is 3.73.